The van der Waals surface area contributed by atoms with E-state index >= 15 is 0 Å². The molecule has 1 N–H and O–H groups in total. The van der Waals surface area contributed by atoms with E-state index in [2.05, 4.69) is 16.2 Å². The van der Waals surface area contributed by atoms with Crippen molar-refractivity contribution in [2.75, 3.05) is 0 Å². The smallest absolute Gasteiger partial charge is 0.280 e. The van der Waals surface area contributed by atoms with E-state index in [9.17, 15) is 4.79 Å². The quantitative estimate of drug-likeness (QED) is 0.773. The van der Waals surface area contributed by atoms with E-state index in [0.717, 1.165) is 12.1 Å². The van der Waals surface area contributed by atoms with Crippen molar-refractivity contribution in [2.24, 2.45) is 0 Å². The zero-order valence-electron chi connectivity index (χ0n) is 10.2. The Morgan fingerprint density at radius 3 is 2.79 bits per heavy atom. The van der Waals surface area contributed by atoms with Crippen molar-refractivity contribution in [2.45, 2.75) is 13.0 Å². The van der Waals surface area contributed by atoms with Crippen LogP contribution in [0.15, 0.2) is 58.4 Å². The Bertz CT molecular complexity index is 710. The molecule has 5 nitrogen and oxygen atoms in total. The Morgan fingerprint density at radius 1 is 1.26 bits per heavy atom. The lowest BCUT2D eigenvalue weighted by Crippen LogP contribution is -2.01. The van der Waals surface area contributed by atoms with Crippen LogP contribution in [0.4, 0.5) is 0 Å². The summed E-state index contributed by atoms with van der Waals surface area (Å²) in [5, 5.41) is 2.31. The first-order valence-electron chi connectivity index (χ1n) is 6.01. The molecule has 0 spiro atoms. The average Bonchev–Trinajstić information content (AvgIpc) is 3.04. The molecule has 0 fully saturated rings. The fraction of sp³-hybridized carbons (Fsp3) is 0.143. The van der Waals surface area contributed by atoms with Gasteiger partial charge in [0.1, 0.15) is 5.76 Å². The van der Waals surface area contributed by atoms with E-state index in [4.69, 9.17) is 4.52 Å². The van der Waals surface area contributed by atoms with Gasteiger partial charge in [0, 0.05) is 31.4 Å². The summed E-state index contributed by atoms with van der Waals surface area (Å²) >= 11 is 0. The second-order valence-electron chi connectivity index (χ2n) is 4.36. The van der Waals surface area contributed by atoms with Gasteiger partial charge in [0.2, 0.25) is 0 Å². The second kappa shape index (κ2) is 4.97. The van der Waals surface area contributed by atoms with E-state index in [1.807, 2.05) is 29.0 Å². The topological polar surface area (TPSA) is 63.8 Å². The Balaban J connectivity index is 1.86. The standard InChI is InChI=1S/C14H13N3O2/c18-14-8-13(19-16-14)7-11-3-1-2-4-12(11)9-17-6-5-15-10-17/h1-6,8,10H,7,9H2,(H,16,18). The van der Waals surface area contributed by atoms with Gasteiger partial charge in [0.05, 0.1) is 6.33 Å². The van der Waals surface area contributed by atoms with Crippen LogP contribution in [0.2, 0.25) is 0 Å². The predicted octanol–water partition coefficient (Wildman–Crippen LogP) is 1.80. The molecule has 1 aromatic carbocycles. The van der Waals surface area contributed by atoms with Crippen molar-refractivity contribution < 1.29 is 4.52 Å². The van der Waals surface area contributed by atoms with Crippen LogP contribution in [0.5, 0.6) is 0 Å². The Morgan fingerprint density at radius 2 is 2.11 bits per heavy atom. The minimum absolute atomic E-state index is 0.206. The summed E-state index contributed by atoms with van der Waals surface area (Å²) in [6.45, 7) is 0.755. The van der Waals surface area contributed by atoms with E-state index < -0.39 is 0 Å². The fourth-order valence-corrected chi connectivity index (χ4v) is 2.06. The Hall–Kier alpha value is -2.56. The predicted molar refractivity (Wildman–Crippen MR) is 69.9 cm³/mol. The van der Waals surface area contributed by atoms with Crippen LogP contribution in [0, 0.1) is 0 Å². The first kappa shape index (κ1) is 11.5. The van der Waals surface area contributed by atoms with Crippen LogP contribution in [0.1, 0.15) is 16.9 Å². The van der Waals surface area contributed by atoms with Crippen LogP contribution in [-0.2, 0) is 13.0 Å². The van der Waals surface area contributed by atoms with E-state index in [1.54, 1.807) is 12.5 Å². The molecule has 0 saturated carbocycles. The summed E-state index contributed by atoms with van der Waals surface area (Å²) in [6.07, 6.45) is 6.07. The summed E-state index contributed by atoms with van der Waals surface area (Å²) < 4.78 is 7.11. The molecule has 19 heavy (non-hydrogen) atoms. The van der Waals surface area contributed by atoms with Gasteiger partial charge in [-0.1, -0.05) is 24.3 Å². The number of nitrogens with zero attached hydrogens (tertiary/aromatic N) is 2. The van der Waals surface area contributed by atoms with Gasteiger partial charge in [0.25, 0.3) is 5.56 Å². The summed E-state index contributed by atoms with van der Waals surface area (Å²) in [6, 6.07) is 9.58. The van der Waals surface area contributed by atoms with Crippen molar-refractivity contribution in [3.63, 3.8) is 0 Å². The van der Waals surface area contributed by atoms with Gasteiger partial charge >= 0.3 is 0 Å². The molecule has 0 unspecified atom stereocenters. The van der Waals surface area contributed by atoms with Gasteiger partial charge in [-0.05, 0) is 11.1 Å². The third kappa shape index (κ3) is 2.65. The number of aromatic nitrogens is 3. The van der Waals surface area contributed by atoms with Gasteiger partial charge in [0.15, 0.2) is 0 Å². The molecule has 96 valence electrons. The number of rotatable bonds is 4. The van der Waals surface area contributed by atoms with E-state index in [1.165, 1.54) is 11.6 Å². The summed E-state index contributed by atoms with van der Waals surface area (Å²) in [5.41, 5.74) is 2.12. The molecule has 0 atom stereocenters. The van der Waals surface area contributed by atoms with Gasteiger partial charge in [-0.2, -0.15) is 5.16 Å². The lowest BCUT2D eigenvalue weighted by Gasteiger charge is -2.08. The first-order chi connectivity index (χ1) is 9.31. The highest BCUT2D eigenvalue weighted by Crippen LogP contribution is 2.14. The zero-order valence-corrected chi connectivity index (χ0v) is 10.2. The van der Waals surface area contributed by atoms with Gasteiger partial charge < -0.3 is 9.09 Å². The molecule has 0 amide bonds. The van der Waals surface area contributed by atoms with Crippen molar-refractivity contribution in [1.82, 2.24) is 14.7 Å². The Labute approximate surface area is 109 Å². The fourth-order valence-electron chi connectivity index (χ4n) is 2.06. The molecule has 3 rings (SSSR count). The van der Waals surface area contributed by atoms with Gasteiger partial charge in [-0.3, -0.25) is 4.79 Å². The highest BCUT2D eigenvalue weighted by Gasteiger charge is 2.06. The molecule has 3 aromatic rings. The number of H-pyrrole nitrogens is 1. The van der Waals surface area contributed by atoms with Gasteiger partial charge in [-0.15, -0.1) is 0 Å². The molecule has 5 heteroatoms. The Kier molecular flexibility index (Phi) is 3.02. The highest BCUT2D eigenvalue weighted by molar-refractivity contribution is 5.30. The van der Waals surface area contributed by atoms with Crippen LogP contribution in [0.25, 0.3) is 0 Å². The van der Waals surface area contributed by atoms with Crippen LogP contribution >= 0.6 is 0 Å². The number of benzene rings is 1. The van der Waals surface area contributed by atoms with Crippen LogP contribution < -0.4 is 5.56 Å². The molecule has 0 radical (unpaired) electrons. The monoisotopic (exact) mass is 255 g/mol. The van der Waals surface area contributed by atoms with E-state index in [0.29, 0.717) is 12.2 Å². The average molecular weight is 255 g/mol. The molecule has 2 heterocycles. The second-order valence-corrected chi connectivity index (χ2v) is 4.36. The SMILES string of the molecule is O=c1cc(Cc2ccccc2Cn2ccnc2)o[nH]1. The number of imidazole rings is 1. The maximum Gasteiger partial charge on any atom is 0.280 e. The summed E-state index contributed by atoms with van der Waals surface area (Å²) in [7, 11) is 0. The lowest BCUT2D eigenvalue weighted by molar-refractivity contribution is 0.384. The molecule has 0 aliphatic rings. The lowest BCUT2D eigenvalue weighted by atomic mass is 10.0. The van der Waals surface area contributed by atoms with Crippen molar-refractivity contribution >= 4 is 0 Å². The molecule has 0 aliphatic heterocycles. The molecular formula is C14H13N3O2. The van der Waals surface area contributed by atoms with Crippen LogP contribution in [0.3, 0.4) is 0 Å². The minimum atomic E-state index is -0.206. The maximum absolute atomic E-state index is 11.1. The van der Waals surface area contributed by atoms with Crippen LogP contribution in [-0.4, -0.2) is 14.7 Å². The number of nitrogens with one attached hydrogen (secondary N) is 1. The molecular weight excluding hydrogens is 242 g/mol. The number of aromatic amines is 1. The highest BCUT2D eigenvalue weighted by atomic mass is 16.5. The van der Waals surface area contributed by atoms with Crippen molar-refractivity contribution in [3.05, 3.63) is 76.3 Å². The number of hydrogen-bond acceptors (Lipinski definition) is 3. The first-order valence-corrected chi connectivity index (χ1v) is 6.01. The molecule has 0 saturated heterocycles. The van der Waals surface area contributed by atoms with E-state index in [-0.39, 0.29) is 5.56 Å². The molecule has 0 aliphatic carbocycles. The minimum Gasteiger partial charge on any atom is -0.383 e. The third-order valence-corrected chi connectivity index (χ3v) is 2.97. The maximum atomic E-state index is 11.1. The molecule has 0 bridgehead atoms. The largest absolute Gasteiger partial charge is 0.383 e. The van der Waals surface area contributed by atoms with Crippen molar-refractivity contribution in [3.8, 4) is 0 Å². The molecule has 2 aromatic heterocycles. The summed E-state index contributed by atoms with van der Waals surface area (Å²) in [5.74, 6) is 0.642. The number of hydrogen-bond donors (Lipinski definition) is 1. The van der Waals surface area contributed by atoms with Gasteiger partial charge in [-0.25, -0.2) is 4.98 Å². The third-order valence-electron chi connectivity index (χ3n) is 2.97. The van der Waals surface area contributed by atoms with Crippen molar-refractivity contribution in [1.29, 1.82) is 0 Å². The normalized spacial score (nSPS) is 10.7. The zero-order chi connectivity index (χ0) is 13.1. The summed E-state index contributed by atoms with van der Waals surface area (Å²) in [4.78, 5) is 15.1.